The average molecular weight is 221 g/mol. The van der Waals surface area contributed by atoms with Crippen LogP contribution in [0.1, 0.15) is 11.1 Å². The Morgan fingerprint density at radius 1 is 1.44 bits per heavy atom. The molecule has 0 spiro atoms. The van der Waals surface area contributed by atoms with E-state index in [9.17, 15) is 4.39 Å². The highest BCUT2D eigenvalue weighted by Crippen LogP contribution is 2.39. The molecule has 1 aliphatic heterocycles. The fourth-order valence-corrected chi connectivity index (χ4v) is 2.30. The van der Waals surface area contributed by atoms with Gasteiger partial charge in [0.25, 0.3) is 0 Å². The Morgan fingerprint density at radius 2 is 2.31 bits per heavy atom. The Bertz CT molecular complexity index is 547. The molecule has 0 amide bonds. The first-order chi connectivity index (χ1) is 7.83. The zero-order valence-electron chi connectivity index (χ0n) is 8.75. The number of rotatable bonds is 2. The van der Waals surface area contributed by atoms with Gasteiger partial charge in [0.05, 0.1) is 12.9 Å². The topological polar surface area (TPSA) is 48.4 Å². The minimum Gasteiger partial charge on any atom is -0.493 e. The Balaban J connectivity index is 2.36. The summed E-state index contributed by atoms with van der Waals surface area (Å²) >= 11 is 0. The Hall–Kier alpha value is -1.55. The van der Waals surface area contributed by atoms with Crippen LogP contribution in [0.2, 0.25) is 0 Å². The number of halogens is 1. The Morgan fingerprint density at radius 3 is 3.12 bits per heavy atom. The lowest BCUT2D eigenvalue weighted by atomic mass is 10.0. The predicted molar refractivity (Wildman–Crippen MR) is 58.1 cm³/mol. The monoisotopic (exact) mass is 221 g/mol. The van der Waals surface area contributed by atoms with Crippen molar-refractivity contribution >= 4 is 11.0 Å². The van der Waals surface area contributed by atoms with Crippen LogP contribution in [-0.2, 0) is 12.8 Å². The van der Waals surface area contributed by atoms with Gasteiger partial charge in [0, 0.05) is 22.9 Å². The van der Waals surface area contributed by atoms with Gasteiger partial charge in [0.1, 0.15) is 5.75 Å². The smallest absolute Gasteiger partial charge is 0.173 e. The number of hydrogen-bond acceptors (Lipinski definition) is 3. The quantitative estimate of drug-likeness (QED) is 0.843. The van der Waals surface area contributed by atoms with E-state index in [1.165, 1.54) is 6.26 Å². The van der Waals surface area contributed by atoms with E-state index >= 15 is 0 Å². The van der Waals surface area contributed by atoms with Gasteiger partial charge in [-0.2, -0.15) is 0 Å². The molecule has 2 aromatic rings. The lowest BCUT2D eigenvalue weighted by Gasteiger charge is -2.09. The minimum atomic E-state index is -0.284. The average Bonchev–Trinajstić information content (AvgIpc) is 2.92. The van der Waals surface area contributed by atoms with E-state index in [1.807, 2.05) is 0 Å². The van der Waals surface area contributed by atoms with Gasteiger partial charge < -0.3 is 14.9 Å². The summed E-state index contributed by atoms with van der Waals surface area (Å²) < 4.78 is 24.7. The molecule has 0 bridgehead atoms. The van der Waals surface area contributed by atoms with E-state index in [1.54, 1.807) is 6.07 Å². The molecule has 2 heterocycles. The van der Waals surface area contributed by atoms with Crippen LogP contribution in [0.15, 0.2) is 16.7 Å². The molecule has 3 rings (SSSR count). The van der Waals surface area contributed by atoms with Gasteiger partial charge in [-0.3, -0.25) is 0 Å². The molecule has 16 heavy (non-hydrogen) atoms. The van der Waals surface area contributed by atoms with E-state index < -0.39 is 0 Å². The van der Waals surface area contributed by atoms with Gasteiger partial charge in [0.15, 0.2) is 11.4 Å². The molecule has 0 radical (unpaired) electrons. The van der Waals surface area contributed by atoms with Crippen LogP contribution in [0.3, 0.4) is 0 Å². The maximum Gasteiger partial charge on any atom is 0.173 e. The molecule has 1 aliphatic rings. The van der Waals surface area contributed by atoms with Gasteiger partial charge in [-0.15, -0.1) is 0 Å². The first kappa shape index (κ1) is 9.66. The van der Waals surface area contributed by atoms with E-state index in [0.29, 0.717) is 42.9 Å². The van der Waals surface area contributed by atoms with E-state index in [0.717, 1.165) is 10.9 Å². The van der Waals surface area contributed by atoms with Gasteiger partial charge in [-0.05, 0) is 19.0 Å². The summed E-state index contributed by atoms with van der Waals surface area (Å²) in [7, 11) is 0. The fourth-order valence-electron chi connectivity index (χ4n) is 2.30. The molecule has 0 atom stereocenters. The molecular formula is C12H12FNO2. The molecule has 84 valence electrons. The summed E-state index contributed by atoms with van der Waals surface area (Å²) in [6.45, 7) is 1.05. The van der Waals surface area contributed by atoms with Crippen LogP contribution < -0.4 is 10.5 Å². The normalized spacial score (nSPS) is 14.1. The van der Waals surface area contributed by atoms with Crippen LogP contribution in [-0.4, -0.2) is 13.2 Å². The second kappa shape index (κ2) is 3.49. The zero-order chi connectivity index (χ0) is 11.1. The van der Waals surface area contributed by atoms with Crippen LogP contribution >= 0.6 is 0 Å². The summed E-state index contributed by atoms with van der Waals surface area (Å²) in [5.41, 5.74) is 7.50. The van der Waals surface area contributed by atoms with E-state index in [2.05, 4.69) is 0 Å². The standard InChI is InChI=1S/C12H12FNO2/c13-10-9-3-6-15-11(9)7(1-4-14)8-2-5-16-12(8)10/h2,5H,1,3-4,6,14H2. The van der Waals surface area contributed by atoms with Crippen LogP contribution in [0.4, 0.5) is 4.39 Å². The number of fused-ring (bicyclic) bond motifs is 2. The van der Waals surface area contributed by atoms with E-state index in [-0.39, 0.29) is 5.82 Å². The van der Waals surface area contributed by atoms with Crippen molar-refractivity contribution in [2.24, 2.45) is 5.73 Å². The second-order valence-corrected chi connectivity index (χ2v) is 3.90. The molecule has 0 saturated heterocycles. The molecule has 2 N–H and O–H groups in total. The summed E-state index contributed by atoms with van der Waals surface area (Å²) in [5, 5.41) is 0.781. The lowest BCUT2D eigenvalue weighted by Crippen LogP contribution is -2.05. The third-order valence-corrected chi connectivity index (χ3v) is 3.00. The molecule has 0 saturated carbocycles. The summed E-state index contributed by atoms with van der Waals surface area (Å²) in [5.74, 6) is 0.394. The van der Waals surface area contributed by atoms with Gasteiger partial charge in [-0.25, -0.2) is 4.39 Å². The largest absolute Gasteiger partial charge is 0.493 e. The van der Waals surface area contributed by atoms with Crippen molar-refractivity contribution in [1.82, 2.24) is 0 Å². The summed E-state index contributed by atoms with van der Waals surface area (Å²) in [4.78, 5) is 0. The van der Waals surface area contributed by atoms with Crippen LogP contribution in [0.25, 0.3) is 11.0 Å². The highest BCUT2D eigenvalue weighted by atomic mass is 19.1. The third-order valence-electron chi connectivity index (χ3n) is 3.00. The first-order valence-electron chi connectivity index (χ1n) is 5.36. The number of benzene rings is 1. The minimum absolute atomic E-state index is 0.284. The van der Waals surface area contributed by atoms with Crippen LogP contribution in [0.5, 0.6) is 5.75 Å². The maximum atomic E-state index is 14.0. The second-order valence-electron chi connectivity index (χ2n) is 3.90. The molecule has 0 aliphatic carbocycles. The third kappa shape index (κ3) is 1.16. The maximum absolute atomic E-state index is 14.0. The Labute approximate surface area is 92.0 Å². The summed E-state index contributed by atoms with van der Waals surface area (Å²) in [6.07, 6.45) is 2.79. The molecule has 0 fully saturated rings. The van der Waals surface area contributed by atoms with Crippen LogP contribution in [0, 0.1) is 5.82 Å². The van der Waals surface area contributed by atoms with Gasteiger partial charge in [-0.1, -0.05) is 0 Å². The molecule has 4 heteroatoms. The fraction of sp³-hybridized carbons (Fsp3) is 0.333. The lowest BCUT2D eigenvalue weighted by molar-refractivity contribution is 0.354. The van der Waals surface area contributed by atoms with Crippen molar-refractivity contribution < 1.29 is 13.5 Å². The van der Waals surface area contributed by atoms with Crippen molar-refractivity contribution in [2.75, 3.05) is 13.2 Å². The molecule has 0 unspecified atom stereocenters. The summed E-state index contributed by atoms with van der Waals surface area (Å²) in [6, 6.07) is 1.77. The van der Waals surface area contributed by atoms with Crippen molar-refractivity contribution in [3.05, 3.63) is 29.3 Å². The molecular weight excluding hydrogens is 209 g/mol. The predicted octanol–water partition coefficient (Wildman–Crippen LogP) is 2.01. The number of nitrogens with two attached hydrogens (primary N) is 1. The van der Waals surface area contributed by atoms with Gasteiger partial charge >= 0.3 is 0 Å². The highest BCUT2D eigenvalue weighted by Gasteiger charge is 2.25. The molecule has 1 aromatic heterocycles. The molecule has 1 aromatic carbocycles. The highest BCUT2D eigenvalue weighted by molar-refractivity contribution is 5.86. The van der Waals surface area contributed by atoms with Crippen molar-refractivity contribution in [3.8, 4) is 5.75 Å². The zero-order valence-corrected chi connectivity index (χ0v) is 8.75. The van der Waals surface area contributed by atoms with Gasteiger partial charge in [0.2, 0.25) is 0 Å². The SMILES string of the molecule is NCCc1c2c(c(F)c3occc13)CCO2. The first-order valence-corrected chi connectivity index (χ1v) is 5.36. The van der Waals surface area contributed by atoms with Crippen molar-refractivity contribution in [3.63, 3.8) is 0 Å². The van der Waals surface area contributed by atoms with Crippen molar-refractivity contribution in [2.45, 2.75) is 12.8 Å². The number of hydrogen-bond donors (Lipinski definition) is 1. The number of ether oxygens (including phenoxy) is 1. The Kier molecular flexibility index (Phi) is 2.11. The molecule has 3 nitrogen and oxygen atoms in total. The van der Waals surface area contributed by atoms with E-state index in [4.69, 9.17) is 14.9 Å². The van der Waals surface area contributed by atoms with Crippen molar-refractivity contribution in [1.29, 1.82) is 0 Å². The number of furan rings is 1.